The van der Waals surface area contributed by atoms with Crippen molar-refractivity contribution in [2.45, 2.75) is 57.1 Å². The second-order valence-electron chi connectivity index (χ2n) is 5.80. The monoisotopic (exact) mass is 209 g/mol. The second kappa shape index (κ2) is 4.06. The summed E-state index contributed by atoms with van der Waals surface area (Å²) in [5, 5.41) is 10.00. The maximum Gasteiger partial charge on any atom is 0.0695 e. The summed E-state index contributed by atoms with van der Waals surface area (Å²) in [7, 11) is 0. The lowest BCUT2D eigenvalue weighted by molar-refractivity contribution is 0.0757. The topological polar surface area (TPSA) is 23.5 Å². The first-order valence-corrected chi connectivity index (χ1v) is 6.77. The zero-order valence-electron chi connectivity index (χ0n) is 9.57. The van der Waals surface area contributed by atoms with E-state index in [-0.39, 0.29) is 6.10 Å². The third kappa shape index (κ3) is 2.07. The van der Waals surface area contributed by atoms with Crippen LogP contribution in [0.5, 0.6) is 0 Å². The van der Waals surface area contributed by atoms with Crippen LogP contribution in [0.3, 0.4) is 0 Å². The summed E-state index contributed by atoms with van der Waals surface area (Å²) in [5.74, 6) is 1.61. The summed E-state index contributed by atoms with van der Waals surface area (Å²) >= 11 is 0. The quantitative estimate of drug-likeness (QED) is 0.768. The molecule has 0 amide bonds. The van der Waals surface area contributed by atoms with Gasteiger partial charge in [-0.2, -0.15) is 0 Å². The summed E-state index contributed by atoms with van der Waals surface area (Å²) in [4.78, 5) is 2.59. The van der Waals surface area contributed by atoms with Gasteiger partial charge in [0.05, 0.1) is 6.10 Å². The van der Waals surface area contributed by atoms with Crippen LogP contribution in [0.25, 0.3) is 0 Å². The van der Waals surface area contributed by atoms with Gasteiger partial charge < -0.3 is 5.11 Å². The minimum Gasteiger partial charge on any atom is -0.392 e. The van der Waals surface area contributed by atoms with Crippen molar-refractivity contribution in [2.24, 2.45) is 11.8 Å². The van der Waals surface area contributed by atoms with Gasteiger partial charge in [0.2, 0.25) is 0 Å². The van der Waals surface area contributed by atoms with Crippen molar-refractivity contribution in [2.75, 3.05) is 13.1 Å². The molecule has 86 valence electrons. The van der Waals surface area contributed by atoms with Crippen LogP contribution in [0.15, 0.2) is 0 Å². The van der Waals surface area contributed by atoms with Gasteiger partial charge >= 0.3 is 0 Å². The van der Waals surface area contributed by atoms with Crippen LogP contribution >= 0.6 is 0 Å². The van der Waals surface area contributed by atoms with E-state index in [1.165, 1.54) is 51.5 Å². The second-order valence-corrected chi connectivity index (χ2v) is 5.80. The average molecular weight is 209 g/mol. The molecule has 3 aliphatic rings. The average Bonchev–Trinajstić information content (AvgIpc) is 3.03. The highest BCUT2D eigenvalue weighted by atomic mass is 16.3. The van der Waals surface area contributed by atoms with E-state index in [1.807, 2.05) is 0 Å². The molecule has 3 fully saturated rings. The van der Waals surface area contributed by atoms with Gasteiger partial charge in [-0.3, -0.25) is 4.90 Å². The molecule has 2 saturated carbocycles. The van der Waals surface area contributed by atoms with Crippen LogP contribution in [0.4, 0.5) is 0 Å². The first-order chi connectivity index (χ1) is 7.34. The summed E-state index contributed by atoms with van der Waals surface area (Å²) in [6.45, 7) is 2.21. The number of fused-ring (bicyclic) bond motifs is 1. The van der Waals surface area contributed by atoms with Gasteiger partial charge in [0, 0.05) is 12.6 Å². The molecule has 2 heteroatoms. The molecule has 15 heavy (non-hydrogen) atoms. The Morgan fingerprint density at radius 2 is 1.87 bits per heavy atom. The number of hydrogen-bond acceptors (Lipinski definition) is 2. The Bertz CT molecular complexity index is 227. The molecule has 2 aliphatic carbocycles. The number of hydrogen-bond donors (Lipinski definition) is 1. The fraction of sp³-hybridized carbons (Fsp3) is 1.00. The van der Waals surface area contributed by atoms with Crippen LogP contribution in [0.2, 0.25) is 0 Å². The molecule has 1 heterocycles. The predicted molar refractivity (Wildman–Crippen MR) is 60.7 cm³/mol. The smallest absolute Gasteiger partial charge is 0.0695 e. The predicted octanol–water partition coefficient (Wildman–Crippen LogP) is 2.02. The van der Waals surface area contributed by atoms with Gasteiger partial charge in [0.15, 0.2) is 0 Å². The number of aliphatic hydroxyl groups is 1. The van der Waals surface area contributed by atoms with E-state index >= 15 is 0 Å². The highest BCUT2D eigenvalue weighted by Crippen LogP contribution is 2.38. The van der Waals surface area contributed by atoms with Crippen molar-refractivity contribution in [1.29, 1.82) is 0 Å². The van der Waals surface area contributed by atoms with Gasteiger partial charge in [0.25, 0.3) is 0 Å². The largest absolute Gasteiger partial charge is 0.392 e. The zero-order valence-corrected chi connectivity index (χ0v) is 9.57. The third-order valence-corrected chi connectivity index (χ3v) is 4.71. The van der Waals surface area contributed by atoms with Crippen molar-refractivity contribution < 1.29 is 5.11 Å². The van der Waals surface area contributed by atoms with Crippen LogP contribution < -0.4 is 0 Å². The molecule has 0 spiro atoms. The van der Waals surface area contributed by atoms with Crippen LogP contribution in [0.1, 0.15) is 44.9 Å². The Labute approximate surface area is 92.7 Å². The van der Waals surface area contributed by atoms with Crippen molar-refractivity contribution in [3.05, 3.63) is 0 Å². The van der Waals surface area contributed by atoms with E-state index in [0.717, 1.165) is 18.5 Å². The number of rotatable bonds is 3. The summed E-state index contributed by atoms with van der Waals surface area (Å²) < 4.78 is 0. The van der Waals surface area contributed by atoms with Crippen molar-refractivity contribution in [3.63, 3.8) is 0 Å². The van der Waals surface area contributed by atoms with Gasteiger partial charge in [-0.25, -0.2) is 0 Å². The van der Waals surface area contributed by atoms with Crippen molar-refractivity contribution in [3.8, 4) is 0 Å². The van der Waals surface area contributed by atoms with E-state index in [2.05, 4.69) is 4.90 Å². The Hall–Kier alpha value is -0.0800. The Kier molecular flexibility index (Phi) is 2.73. The van der Waals surface area contributed by atoms with Crippen molar-refractivity contribution in [1.82, 2.24) is 4.90 Å². The molecule has 1 aliphatic heterocycles. The van der Waals surface area contributed by atoms with Crippen LogP contribution in [-0.4, -0.2) is 35.2 Å². The normalized spacial score (nSPS) is 39.0. The fourth-order valence-corrected chi connectivity index (χ4v) is 3.60. The van der Waals surface area contributed by atoms with Gasteiger partial charge in [-0.1, -0.05) is 12.8 Å². The minimum absolute atomic E-state index is 0.0225. The van der Waals surface area contributed by atoms with E-state index in [0.29, 0.717) is 5.92 Å². The van der Waals surface area contributed by atoms with Gasteiger partial charge in [-0.15, -0.1) is 0 Å². The standard InChI is InChI=1S/C13H23NO/c15-13(11-5-6-11)9-14-8-7-10-3-1-2-4-12(10)14/h10-13,15H,1-9H2. The molecule has 1 N–H and O–H groups in total. The summed E-state index contributed by atoms with van der Waals surface area (Å²) in [6, 6.07) is 0.826. The zero-order chi connectivity index (χ0) is 10.3. The van der Waals surface area contributed by atoms with Gasteiger partial charge in [-0.05, 0) is 50.5 Å². The molecule has 1 saturated heterocycles. The summed E-state index contributed by atoms with van der Waals surface area (Å²) in [6.07, 6.45) is 9.60. The Morgan fingerprint density at radius 1 is 1.07 bits per heavy atom. The molecule has 0 radical (unpaired) electrons. The highest BCUT2D eigenvalue weighted by Gasteiger charge is 2.38. The maximum absolute atomic E-state index is 10.00. The third-order valence-electron chi connectivity index (χ3n) is 4.71. The highest BCUT2D eigenvalue weighted by molar-refractivity contribution is 4.92. The minimum atomic E-state index is -0.0225. The molecule has 0 aromatic rings. The van der Waals surface area contributed by atoms with Crippen LogP contribution in [0, 0.1) is 11.8 Å². The number of nitrogens with zero attached hydrogens (tertiary/aromatic N) is 1. The molecule has 0 aromatic carbocycles. The lowest BCUT2D eigenvalue weighted by Gasteiger charge is -2.32. The molecular weight excluding hydrogens is 186 g/mol. The van der Waals surface area contributed by atoms with Crippen LogP contribution in [-0.2, 0) is 0 Å². The maximum atomic E-state index is 10.00. The molecule has 0 aromatic heterocycles. The van der Waals surface area contributed by atoms with E-state index in [9.17, 15) is 5.11 Å². The first kappa shape index (κ1) is 10.1. The molecule has 2 nitrogen and oxygen atoms in total. The van der Waals surface area contributed by atoms with E-state index in [1.54, 1.807) is 0 Å². The molecule has 3 unspecified atom stereocenters. The lowest BCUT2D eigenvalue weighted by Crippen LogP contribution is -2.40. The number of β-amino-alcohol motifs (C(OH)–C–C–N with tert-alkyl or cyclic N) is 1. The first-order valence-electron chi connectivity index (χ1n) is 6.77. The SMILES string of the molecule is OC(CN1CCC2CCCCC21)C1CC1. The molecule has 3 rings (SSSR count). The van der Waals surface area contributed by atoms with E-state index in [4.69, 9.17) is 0 Å². The lowest BCUT2D eigenvalue weighted by atomic mass is 9.85. The Balaban J connectivity index is 1.56. The number of aliphatic hydroxyl groups excluding tert-OH is 1. The Morgan fingerprint density at radius 3 is 2.67 bits per heavy atom. The molecule has 0 bridgehead atoms. The molecular formula is C13H23NO. The van der Waals surface area contributed by atoms with Crippen molar-refractivity contribution >= 4 is 0 Å². The molecule has 3 atom stereocenters. The number of likely N-dealkylation sites (tertiary alicyclic amines) is 1. The van der Waals surface area contributed by atoms with Gasteiger partial charge in [0.1, 0.15) is 0 Å². The fourth-order valence-electron chi connectivity index (χ4n) is 3.60. The van der Waals surface area contributed by atoms with E-state index < -0.39 is 0 Å². The summed E-state index contributed by atoms with van der Waals surface area (Å²) in [5.41, 5.74) is 0.